The highest BCUT2D eigenvalue weighted by Crippen LogP contribution is 2.15. The zero-order chi connectivity index (χ0) is 16.1. The molecule has 0 aliphatic heterocycles. The Morgan fingerprint density at radius 2 is 1.73 bits per heavy atom. The topological polar surface area (TPSA) is 46.6 Å². The number of esters is 1. The Bertz CT molecular complexity index is 681. The summed E-state index contributed by atoms with van der Waals surface area (Å²) in [6.07, 6.45) is 0. The minimum Gasteiger partial charge on any atom is -0.454 e. The lowest BCUT2D eigenvalue weighted by Gasteiger charge is -2.13. The Balaban J connectivity index is 1.99. The summed E-state index contributed by atoms with van der Waals surface area (Å²) >= 11 is 5.76. The molecule has 0 aliphatic rings. The molecule has 5 heteroatoms. The number of rotatable bonds is 5. The first kappa shape index (κ1) is 16.0. The van der Waals surface area contributed by atoms with Gasteiger partial charge in [0, 0.05) is 30.4 Å². The summed E-state index contributed by atoms with van der Waals surface area (Å²) in [4.78, 5) is 25.8. The number of carbonyl (C=O) groups is 2. The zero-order valence-corrected chi connectivity index (χ0v) is 13.1. The lowest BCUT2D eigenvalue weighted by Crippen LogP contribution is -2.15. The van der Waals surface area contributed by atoms with Crippen LogP contribution in [0.4, 0.5) is 5.69 Å². The summed E-state index contributed by atoms with van der Waals surface area (Å²) < 4.78 is 5.07. The van der Waals surface area contributed by atoms with E-state index in [4.69, 9.17) is 16.3 Å². The molecule has 0 spiro atoms. The van der Waals surface area contributed by atoms with Crippen molar-refractivity contribution >= 4 is 29.0 Å². The molecule has 0 aliphatic carbocycles. The molecule has 0 fully saturated rings. The quantitative estimate of drug-likeness (QED) is 0.626. The van der Waals surface area contributed by atoms with Gasteiger partial charge in [-0.15, -0.1) is 0 Å². The van der Waals surface area contributed by atoms with Gasteiger partial charge in [0.25, 0.3) is 0 Å². The molecule has 2 aromatic rings. The summed E-state index contributed by atoms with van der Waals surface area (Å²) in [5.41, 5.74) is 1.76. The van der Waals surface area contributed by atoms with Crippen LogP contribution in [0, 0.1) is 0 Å². The van der Waals surface area contributed by atoms with Gasteiger partial charge in [0.1, 0.15) is 0 Å². The summed E-state index contributed by atoms with van der Waals surface area (Å²) in [5, 5.41) is 0.550. The molecule has 114 valence electrons. The number of Topliss-reactive ketones (excluding diaryl/α,β-unsaturated/α-hetero) is 1. The first-order valence-corrected chi connectivity index (χ1v) is 7.08. The third-order valence-corrected chi connectivity index (χ3v) is 3.35. The van der Waals surface area contributed by atoms with E-state index in [0.717, 1.165) is 5.69 Å². The molecule has 0 heterocycles. The summed E-state index contributed by atoms with van der Waals surface area (Å²) in [7, 11) is 3.77. The van der Waals surface area contributed by atoms with Gasteiger partial charge in [0.2, 0.25) is 0 Å². The normalized spacial score (nSPS) is 10.1. The van der Waals surface area contributed by atoms with Crippen molar-refractivity contribution in [3.63, 3.8) is 0 Å². The number of benzene rings is 2. The lowest BCUT2D eigenvalue weighted by molar-refractivity contribution is 0.0475. The van der Waals surface area contributed by atoms with Crippen molar-refractivity contribution in [2.75, 3.05) is 25.6 Å². The molecule has 0 amide bonds. The molecular weight excluding hydrogens is 302 g/mol. The number of halogens is 1. The second kappa shape index (κ2) is 7.09. The van der Waals surface area contributed by atoms with E-state index in [-0.39, 0.29) is 12.4 Å². The largest absolute Gasteiger partial charge is 0.454 e. The van der Waals surface area contributed by atoms with E-state index in [0.29, 0.717) is 16.1 Å². The molecule has 0 atom stereocenters. The second-order valence-corrected chi connectivity index (χ2v) is 5.39. The molecule has 22 heavy (non-hydrogen) atoms. The number of ether oxygens (including phenoxy) is 1. The van der Waals surface area contributed by atoms with Crippen molar-refractivity contribution in [2.24, 2.45) is 0 Å². The average molecular weight is 318 g/mol. The highest BCUT2D eigenvalue weighted by molar-refractivity contribution is 6.30. The van der Waals surface area contributed by atoms with E-state index in [1.807, 2.05) is 25.1 Å². The van der Waals surface area contributed by atoms with E-state index in [9.17, 15) is 9.59 Å². The van der Waals surface area contributed by atoms with Crippen molar-refractivity contribution in [1.29, 1.82) is 0 Å². The molecule has 0 N–H and O–H groups in total. The molecule has 2 rings (SSSR count). The van der Waals surface area contributed by atoms with Crippen LogP contribution in [0.1, 0.15) is 20.7 Å². The van der Waals surface area contributed by atoms with Crippen LogP contribution in [0.2, 0.25) is 5.02 Å². The summed E-state index contributed by atoms with van der Waals surface area (Å²) in [5.74, 6) is -0.792. The maximum absolute atomic E-state index is 12.0. The van der Waals surface area contributed by atoms with E-state index in [1.165, 1.54) is 0 Å². The smallest absolute Gasteiger partial charge is 0.338 e. The average Bonchev–Trinajstić information content (AvgIpc) is 2.53. The van der Waals surface area contributed by atoms with Crippen LogP contribution in [0.3, 0.4) is 0 Å². The molecule has 0 unspecified atom stereocenters. The third kappa shape index (κ3) is 4.09. The lowest BCUT2D eigenvalue weighted by atomic mass is 10.1. The maximum Gasteiger partial charge on any atom is 0.338 e. The van der Waals surface area contributed by atoms with Crippen LogP contribution in [-0.4, -0.2) is 32.5 Å². The van der Waals surface area contributed by atoms with Gasteiger partial charge in [-0.1, -0.05) is 17.7 Å². The fourth-order valence-electron chi connectivity index (χ4n) is 1.84. The van der Waals surface area contributed by atoms with E-state index >= 15 is 0 Å². The monoisotopic (exact) mass is 317 g/mol. The molecule has 0 saturated carbocycles. The second-order valence-electron chi connectivity index (χ2n) is 4.95. The highest BCUT2D eigenvalue weighted by atomic mass is 35.5. The molecular formula is C17H16ClNO3. The predicted octanol–water partition coefficient (Wildman–Crippen LogP) is 3.45. The molecule has 4 nitrogen and oxygen atoms in total. The van der Waals surface area contributed by atoms with E-state index < -0.39 is 5.97 Å². The number of hydrogen-bond acceptors (Lipinski definition) is 4. The van der Waals surface area contributed by atoms with Gasteiger partial charge in [-0.05, 0) is 42.5 Å². The minimum atomic E-state index is -0.522. The van der Waals surface area contributed by atoms with Crippen LogP contribution in [0.25, 0.3) is 0 Å². The van der Waals surface area contributed by atoms with Crippen molar-refractivity contribution < 1.29 is 14.3 Å². The number of ketones is 1. The van der Waals surface area contributed by atoms with Gasteiger partial charge in [0.15, 0.2) is 12.4 Å². The standard InChI is InChI=1S/C17H16ClNO3/c1-19(2)15-5-3-4-13(10-15)17(21)22-11-16(20)12-6-8-14(18)9-7-12/h3-10H,11H2,1-2H3. The summed E-state index contributed by atoms with van der Waals surface area (Å²) in [6, 6.07) is 13.5. The number of hydrogen-bond donors (Lipinski definition) is 0. The molecule has 0 aromatic heterocycles. The van der Waals surface area contributed by atoms with Gasteiger partial charge in [-0.2, -0.15) is 0 Å². The van der Waals surface area contributed by atoms with Crippen LogP contribution >= 0.6 is 11.6 Å². The Morgan fingerprint density at radius 1 is 1.05 bits per heavy atom. The minimum absolute atomic E-state index is 0.270. The van der Waals surface area contributed by atoms with E-state index in [1.54, 1.807) is 42.5 Å². The third-order valence-electron chi connectivity index (χ3n) is 3.10. The molecule has 0 bridgehead atoms. The number of nitrogens with zero attached hydrogens (tertiary/aromatic N) is 1. The van der Waals surface area contributed by atoms with Crippen LogP contribution in [-0.2, 0) is 4.74 Å². The Kier molecular flexibility index (Phi) is 5.17. The van der Waals surface area contributed by atoms with Gasteiger partial charge < -0.3 is 9.64 Å². The van der Waals surface area contributed by atoms with Crippen molar-refractivity contribution in [2.45, 2.75) is 0 Å². The fourth-order valence-corrected chi connectivity index (χ4v) is 1.97. The molecule has 0 radical (unpaired) electrons. The van der Waals surface area contributed by atoms with Gasteiger partial charge >= 0.3 is 5.97 Å². The Labute approximate surface area is 134 Å². The zero-order valence-electron chi connectivity index (χ0n) is 12.4. The fraction of sp³-hybridized carbons (Fsp3) is 0.176. The SMILES string of the molecule is CN(C)c1cccc(C(=O)OCC(=O)c2ccc(Cl)cc2)c1. The van der Waals surface area contributed by atoms with Crippen LogP contribution in [0.15, 0.2) is 48.5 Å². The van der Waals surface area contributed by atoms with Crippen molar-refractivity contribution in [3.8, 4) is 0 Å². The predicted molar refractivity (Wildman–Crippen MR) is 86.8 cm³/mol. The highest BCUT2D eigenvalue weighted by Gasteiger charge is 2.12. The number of anilines is 1. The first-order valence-electron chi connectivity index (χ1n) is 6.70. The summed E-state index contributed by atoms with van der Waals surface area (Å²) in [6.45, 7) is -0.299. The van der Waals surface area contributed by atoms with Gasteiger partial charge in [0.05, 0.1) is 5.56 Å². The van der Waals surface area contributed by atoms with Crippen molar-refractivity contribution in [1.82, 2.24) is 0 Å². The van der Waals surface area contributed by atoms with Gasteiger partial charge in [-0.25, -0.2) is 4.79 Å². The Morgan fingerprint density at radius 3 is 2.36 bits per heavy atom. The number of carbonyl (C=O) groups excluding carboxylic acids is 2. The van der Waals surface area contributed by atoms with Gasteiger partial charge in [-0.3, -0.25) is 4.79 Å². The first-order chi connectivity index (χ1) is 10.5. The Hall–Kier alpha value is -2.33. The van der Waals surface area contributed by atoms with Crippen LogP contribution < -0.4 is 4.90 Å². The molecule has 2 aromatic carbocycles. The maximum atomic E-state index is 12.0. The van der Waals surface area contributed by atoms with Crippen molar-refractivity contribution in [3.05, 3.63) is 64.7 Å². The van der Waals surface area contributed by atoms with Crippen LogP contribution in [0.5, 0.6) is 0 Å². The van der Waals surface area contributed by atoms with E-state index in [2.05, 4.69) is 0 Å². The molecule has 0 saturated heterocycles.